The second kappa shape index (κ2) is 6.44. The predicted molar refractivity (Wildman–Crippen MR) is 92.6 cm³/mol. The van der Waals surface area contributed by atoms with Crippen LogP contribution in [0.2, 0.25) is 0 Å². The molecule has 0 aliphatic carbocycles. The minimum Gasteiger partial charge on any atom is -0.293 e. The van der Waals surface area contributed by atoms with Crippen LogP contribution >= 0.6 is 11.3 Å². The molecule has 0 radical (unpaired) electrons. The van der Waals surface area contributed by atoms with Gasteiger partial charge in [-0.15, -0.1) is 11.3 Å². The zero-order valence-corrected chi connectivity index (χ0v) is 13.8. The van der Waals surface area contributed by atoms with Gasteiger partial charge in [0.2, 0.25) is 0 Å². The first-order chi connectivity index (χ1) is 11.0. The third-order valence-corrected chi connectivity index (χ3v) is 5.11. The van der Waals surface area contributed by atoms with E-state index < -0.39 is 0 Å². The van der Waals surface area contributed by atoms with Crippen molar-refractivity contribution >= 4 is 27.2 Å². The number of non-ortho nitro benzene ring substituents is 1. The number of fused-ring (bicyclic) bond motifs is 1. The van der Waals surface area contributed by atoms with E-state index in [1.165, 1.54) is 4.70 Å². The van der Waals surface area contributed by atoms with Gasteiger partial charge < -0.3 is 0 Å². The summed E-state index contributed by atoms with van der Waals surface area (Å²) in [7, 11) is 2.04. The van der Waals surface area contributed by atoms with Crippen LogP contribution in [-0.4, -0.2) is 21.9 Å². The molecule has 2 aromatic carbocycles. The van der Waals surface area contributed by atoms with Gasteiger partial charge in [-0.3, -0.25) is 15.0 Å². The lowest BCUT2D eigenvalue weighted by atomic mass is 10.2. The number of benzene rings is 2. The number of aromatic nitrogens is 1. The second-order valence-corrected chi connectivity index (χ2v) is 6.60. The Hall–Kier alpha value is -2.31. The molecule has 3 rings (SSSR count). The fourth-order valence-corrected chi connectivity index (χ4v) is 3.49. The van der Waals surface area contributed by atoms with E-state index in [4.69, 9.17) is 4.98 Å². The molecule has 1 atom stereocenters. The largest absolute Gasteiger partial charge is 0.293 e. The molecule has 118 valence electrons. The van der Waals surface area contributed by atoms with Crippen molar-refractivity contribution in [1.82, 2.24) is 9.88 Å². The molecule has 0 fully saturated rings. The van der Waals surface area contributed by atoms with Crippen molar-refractivity contribution in [3.63, 3.8) is 0 Å². The Labute approximate surface area is 138 Å². The van der Waals surface area contributed by atoms with E-state index in [1.807, 2.05) is 25.2 Å². The highest BCUT2D eigenvalue weighted by atomic mass is 32.1. The van der Waals surface area contributed by atoms with Crippen molar-refractivity contribution in [2.45, 2.75) is 19.5 Å². The van der Waals surface area contributed by atoms with E-state index in [0.29, 0.717) is 0 Å². The third kappa shape index (κ3) is 3.38. The summed E-state index contributed by atoms with van der Waals surface area (Å²) in [5.74, 6) is 0. The van der Waals surface area contributed by atoms with E-state index in [-0.39, 0.29) is 16.7 Å². The predicted octanol–water partition coefficient (Wildman–Crippen LogP) is 4.40. The quantitative estimate of drug-likeness (QED) is 0.515. The molecule has 1 heterocycles. The van der Waals surface area contributed by atoms with E-state index in [2.05, 4.69) is 17.9 Å². The van der Waals surface area contributed by atoms with Crippen LogP contribution in [0.5, 0.6) is 0 Å². The topological polar surface area (TPSA) is 59.3 Å². The molecule has 0 unspecified atom stereocenters. The fraction of sp³-hybridized carbons (Fsp3) is 0.235. The van der Waals surface area contributed by atoms with E-state index >= 15 is 0 Å². The minimum atomic E-state index is -0.378. The van der Waals surface area contributed by atoms with E-state index in [9.17, 15) is 10.1 Å². The van der Waals surface area contributed by atoms with Crippen molar-refractivity contribution in [2.75, 3.05) is 7.05 Å². The standard InChI is InChI=1S/C17H17N3O2S/c1-12(17-18-15-5-3-4-6-16(15)23-17)19(2)11-13-7-9-14(10-8-13)20(21)22/h3-10,12H,11H2,1-2H3/t12-/m1/s1. The number of rotatable bonds is 5. The molecule has 6 heteroatoms. The molecule has 23 heavy (non-hydrogen) atoms. The van der Waals surface area contributed by atoms with Gasteiger partial charge in [0.25, 0.3) is 5.69 Å². The van der Waals surface area contributed by atoms with Crippen LogP contribution in [0.4, 0.5) is 5.69 Å². The van der Waals surface area contributed by atoms with Gasteiger partial charge in [-0.05, 0) is 31.7 Å². The van der Waals surface area contributed by atoms with Crippen LogP contribution in [0.3, 0.4) is 0 Å². The first kappa shape index (κ1) is 15.6. The molecule has 0 amide bonds. The van der Waals surface area contributed by atoms with Crippen molar-refractivity contribution in [3.8, 4) is 0 Å². The highest BCUT2D eigenvalue weighted by Gasteiger charge is 2.16. The maximum Gasteiger partial charge on any atom is 0.269 e. The van der Waals surface area contributed by atoms with Crippen molar-refractivity contribution < 1.29 is 4.92 Å². The maximum absolute atomic E-state index is 10.7. The molecule has 5 nitrogen and oxygen atoms in total. The number of nitrogens with zero attached hydrogens (tertiary/aromatic N) is 3. The van der Waals surface area contributed by atoms with Crippen LogP contribution < -0.4 is 0 Å². The van der Waals surface area contributed by atoms with Crippen LogP contribution in [-0.2, 0) is 6.54 Å². The minimum absolute atomic E-state index is 0.121. The molecule has 0 saturated carbocycles. The molecule has 3 aromatic rings. The summed E-state index contributed by atoms with van der Waals surface area (Å²) >= 11 is 1.71. The number of nitro groups is 1. The van der Waals surface area contributed by atoms with Gasteiger partial charge in [-0.1, -0.05) is 24.3 Å². The van der Waals surface area contributed by atoms with Crippen LogP contribution in [0, 0.1) is 10.1 Å². The number of thiazole rings is 1. The molecule has 0 N–H and O–H groups in total. The summed E-state index contributed by atoms with van der Waals surface area (Å²) in [4.78, 5) is 17.2. The van der Waals surface area contributed by atoms with Gasteiger partial charge >= 0.3 is 0 Å². The summed E-state index contributed by atoms with van der Waals surface area (Å²) in [6, 6.07) is 15.0. The van der Waals surface area contributed by atoms with Crippen molar-refractivity contribution in [1.29, 1.82) is 0 Å². The number of nitro benzene ring substituents is 1. The summed E-state index contributed by atoms with van der Waals surface area (Å²) in [6.45, 7) is 2.85. The van der Waals surface area contributed by atoms with Gasteiger partial charge in [-0.25, -0.2) is 4.98 Å². The summed E-state index contributed by atoms with van der Waals surface area (Å²) in [5.41, 5.74) is 2.20. The number of hydrogen-bond donors (Lipinski definition) is 0. The molecular formula is C17H17N3O2S. The highest BCUT2D eigenvalue weighted by molar-refractivity contribution is 7.18. The SMILES string of the molecule is C[C@H](c1nc2ccccc2s1)N(C)Cc1ccc([N+](=O)[O-])cc1. The lowest BCUT2D eigenvalue weighted by molar-refractivity contribution is -0.384. The normalized spacial score (nSPS) is 12.7. The average Bonchev–Trinajstić information content (AvgIpc) is 2.98. The molecule has 0 spiro atoms. The smallest absolute Gasteiger partial charge is 0.269 e. The Bertz CT molecular complexity index is 796. The zero-order chi connectivity index (χ0) is 16.4. The summed E-state index contributed by atoms with van der Waals surface area (Å²) < 4.78 is 1.19. The van der Waals surface area contributed by atoms with Gasteiger partial charge in [0.1, 0.15) is 5.01 Å². The van der Waals surface area contributed by atoms with Crippen LogP contribution in [0.25, 0.3) is 10.2 Å². The Morgan fingerprint density at radius 1 is 1.22 bits per heavy atom. The van der Waals surface area contributed by atoms with Gasteiger partial charge in [0.05, 0.1) is 21.2 Å². The second-order valence-electron chi connectivity index (χ2n) is 5.53. The van der Waals surface area contributed by atoms with Gasteiger partial charge in [0, 0.05) is 18.7 Å². The number of hydrogen-bond acceptors (Lipinski definition) is 5. The van der Waals surface area contributed by atoms with E-state index in [0.717, 1.165) is 22.6 Å². The van der Waals surface area contributed by atoms with Gasteiger partial charge in [-0.2, -0.15) is 0 Å². The Balaban J connectivity index is 1.73. The fourth-order valence-electron chi connectivity index (χ4n) is 2.41. The summed E-state index contributed by atoms with van der Waals surface area (Å²) in [5, 5.41) is 11.8. The molecule has 1 aromatic heterocycles. The van der Waals surface area contributed by atoms with Crippen molar-refractivity contribution in [2.24, 2.45) is 0 Å². The average molecular weight is 327 g/mol. The molecule has 0 aliphatic rings. The van der Waals surface area contributed by atoms with Crippen LogP contribution in [0.1, 0.15) is 23.5 Å². The first-order valence-electron chi connectivity index (χ1n) is 7.33. The monoisotopic (exact) mass is 327 g/mol. The zero-order valence-electron chi connectivity index (χ0n) is 13.0. The summed E-state index contributed by atoms with van der Waals surface area (Å²) in [6.07, 6.45) is 0. The first-order valence-corrected chi connectivity index (χ1v) is 8.15. The molecule has 0 aliphatic heterocycles. The number of para-hydroxylation sites is 1. The Morgan fingerprint density at radius 3 is 2.57 bits per heavy atom. The Kier molecular flexibility index (Phi) is 4.36. The lowest BCUT2D eigenvalue weighted by Gasteiger charge is -2.22. The maximum atomic E-state index is 10.7. The van der Waals surface area contributed by atoms with Crippen LogP contribution in [0.15, 0.2) is 48.5 Å². The lowest BCUT2D eigenvalue weighted by Crippen LogP contribution is -2.21. The molecule has 0 saturated heterocycles. The Morgan fingerprint density at radius 2 is 1.91 bits per heavy atom. The molecule has 0 bridgehead atoms. The van der Waals surface area contributed by atoms with E-state index in [1.54, 1.807) is 35.6 Å². The third-order valence-electron chi connectivity index (χ3n) is 3.91. The highest BCUT2D eigenvalue weighted by Crippen LogP contribution is 2.29. The van der Waals surface area contributed by atoms with Gasteiger partial charge in [0.15, 0.2) is 0 Å². The molecular weight excluding hydrogens is 310 g/mol. The van der Waals surface area contributed by atoms with Crippen molar-refractivity contribution in [3.05, 3.63) is 69.2 Å².